The predicted octanol–water partition coefficient (Wildman–Crippen LogP) is 2.91. The number of fused-ring (bicyclic) bond motifs is 3. The number of aromatic amines is 1. The molecule has 8 heteroatoms. The lowest BCUT2D eigenvalue weighted by Crippen LogP contribution is -2.34. The number of esters is 1. The molecule has 3 aromatic rings. The Labute approximate surface area is 164 Å². The van der Waals surface area contributed by atoms with Gasteiger partial charge in [-0.2, -0.15) is 0 Å². The SMILES string of the molecule is CC(C)(C)OC(=O)CCCN1CCC(c2nnn3cnc4[nH]ccc4c23)CC1. The molecule has 1 fully saturated rings. The van der Waals surface area contributed by atoms with Crippen molar-refractivity contribution >= 4 is 22.5 Å². The van der Waals surface area contributed by atoms with E-state index in [0.29, 0.717) is 12.3 Å². The summed E-state index contributed by atoms with van der Waals surface area (Å²) in [6, 6.07) is 2.04. The summed E-state index contributed by atoms with van der Waals surface area (Å²) < 4.78 is 7.16. The molecule has 1 aliphatic heterocycles. The molecular weight excluding hydrogens is 356 g/mol. The first kappa shape index (κ1) is 18.9. The van der Waals surface area contributed by atoms with E-state index in [1.807, 2.05) is 33.0 Å². The molecule has 28 heavy (non-hydrogen) atoms. The number of rotatable bonds is 5. The van der Waals surface area contributed by atoms with Crippen molar-refractivity contribution in [3.63, 3.8) is 0 Å². The standard InChI is InChI=1S/C20H28N6O2/c1-20(2,3)28-16(27)5-4-10-25-11-7-14(8-12-25)17-18-15-6-9-21-19(15)22-13-26(18)24-23-17/h6,9,13-14,21H,4-5,7-8,10-12H2,1-3H3. The summed E-state index contributed by atoms with van der Waals surface area (Å²) in [6.07, 6.45) is 7.04. The smallest absolute Gasteiger partial charge is 0.306 e. The fraction of sp³-hybridized carbons (Fsp3) is 0.600. The predicted molar refractivity (Wildman–Crippen MR) is 106 cm³/mol. The molecule has 0 atom stereocenters. The van der Waals surface area contributed by atoms with Gasteiger partial charge in [0.05, 0.1) is 5.69 Å². The minimum absolute atomic E-state index is 0.109. The Morgan fingerprint density at radius 3 is 2.86 bits per heavy atom. The lowest BCUT2D eigenvalue weighted by Gasteiger charge is -2.31. The second-order valence-corrected chi connectivity index (χ2v) is 8.56. The zero-order chi connectivity index (χ0) is 19.7. The molecule has 4 heterocycles. The summed E-state index contributed by atoms with van der Waals surface area (Å²) in [5, 5.41) is 9.81. The summed E-state index contributed by atoms with van der Waals surface area (Å²) in [4.78, 5) is 21.8. The summed E-state index contributed by atoms with van der Waals surface area (Å²) in [5.41, 5.74) is 2.60. The summed E-state index contributed by atoms with van der Waals surface area (Å²) in [5.74, 6) is 0.294. The number of aromatic nitrogens is 5. The molecule has 0 spiro atoms. The van der Waals surface area contributed by atoms with Crippen molar-refractivity contribution in [3.8, 4) is 0 Å². The molecular formula is C20H28N6O2. The van der Waals surface area contributed by atoms with Gasteiger partial charge in [0.15, 0.2) is 0 Å². The van der Waals surface area contributed by atoms with Gasteiger partial charge < -0.3 is 14.6 Å². The van der Waals surface area contributed by atoms with Crippen molar-refractivity contribution in [2.75, 3.05) is 19.6 Å². The van der Waals surface area contributed by atoms with Crippen molar-refractivity contribution < 1.29 is 9.53 Å². The molecule has 1 saturated heterocycles. The van der Waals surface area contributed by atoms with Gasteiger partial charge in [0, 0.05) is 23.9 Å². The van der Waals surface area contributed by atoms with Crippen LogP contribution in [0.3, 0.4) is 0 Å². The third-order valence-corrected chi connectivity index (χ3v) is 5.25. The molecule has 0 radical (unpaired) electrons. The van der Waals surface area contributed by atoms with Crippen LogP contribution in [0.4, 0.5) is 0 Å². The van der Waals surface area contributed by atoms with Crippen LogP contribution in [0, 0.1) is 0 Å². The minimum Gasteiger partial charge on any atom is -0.460 e. The highest BCUT2D eigenvalue weighted by atomic mass is 16.6. The first-order valence-corrected chi connectivity index (χ1v) is 10.0. The number of nitrogens with one attached hydrogen (secondary N) is 1. The van der Waals surface area contributed by atoms with Crippen LogP contribution in [0.15, 0.2) is 18.6 Å². The Morgan fingerprint density at radius 2 is 2.11 bits per heavy atom. The highest BCUT2D eigenvalue weighted by Crippen LogP contribution is 2.31. The Morgan fingerprint density at radius 1 is 1.32 bits per heavy atom. The maximum atomic E-state index is 11.9. The third-order valence-electron chi connectivity index (χ3n) is 5.25. The molecule has 0 aromatic carbocycles. The molecule has 0 aliphatic carbocycles. The van der Waals surface area contributed by atoms with Crippen molar-refractivity contribution in [2.24, 2.45) is 0 Å². The van der Waals surface area contributed by atoms with Gasteiger partial charge in [0.2, 0.25) is 0 Å². The number of hydrogen-bond acceptors (Lipinski definition) is 6. The maximum absolute atomic E-state index is 11.9. The Kier molecular flexibility index (Phi) is 5.05. The molecule has 4 rings (SSSR count). The molecule has 0 saturated carbocycles. The van der Waals surface area contributed by atoms with Gasteiger partial charge in [-0.3, -0.25) is 4.79 Å². The van der Waals surface area contributed by atoms with Crippen LogP contribution in [0.2, 0.25) is 0 Å². The van der Waals surface area contributed by atoms with E-state index >= 15 is 0 Å². The van der Waals surface area contributed by atoms with Gasteiger partial charge in [-0.1, -0.05) is 5.21 Å². The van der Waals surface area contributed by atoms with E-state index in [4.69, 9.17) is 4.74 Å². The summed E-state index contributed by atoms with van der Waals surface area (Å²) in [6.45, 7) is 8.67. The average molecular weight is 384 g/mol. The quantitative estimate of drug-likeness (QED) is 0.681. The van der Waals surface area contributed by atoms with Crippen LogP contribution in [0.5, 0.6) is 0 Å². The molecule has 8 nitrogen and oxygen atoms in total. The van der Waals surface area contributed by atoms with E-state index in [-0.39, 0.29) is 5.97 Å². The monoisotopic (exact) mass is 384 g/mol. The van der Waals surface area contributed by atoms with Crippen molar-refractivity contribution in [3.05, 3.63) is 24.3 Å². The van der Waals surface area contributed by atoms with Crippen LogP contribution in [0.1, 0.15) is 58.1 Å². The van der Waals surface area contributed by atoms with Crippen molar-refractivity contribution in [1.82, 2.24) is 29.7 Å². The molecule has 0 bridgehead atoms. The minimum atomic E-state index is -0.406. The topological polar surface area (TPSA) is 88.4 Å². The fourth-order valence-electron chi connectivity index (χ4n) is 3.96. The molecule has 1 N–H and O–H groups in total. The van der Waals surface area contributed by atoms with E-state index < -0.39 is 5.60 Å². The average Bonchev–Trinajstić information content (AvgIpc) is 3.27. The first-order chi connectivity index (χ1) is 13.4. The van der Waals surface area contributed by atoms with Crippen LogP contribution < -0.4 is 0 Å². The van der Waals surface area contributed by atoms with Crippen molar-refractivity contribution in [1.29, 1.82) is 0 Å². The van der Waals surface area contributed by atoms with Crippen molar-refractivity contribution in [2.45, 2.75) is 58.0 Å². The molecule has 1 aliphatic rings. The molecule has 0 unspecified atom stereocenters. The number of likely N-dealkylation sites (tertiary alicyclic amines) is 1. The van der Waals surface area contributed by atoms with Crippen LogP contribution >= 0.6 is 0 Å². The number of ether oxygens (including phenoxy) is 1. The maximum Gasteiger partial charge on any atom is 0.306 e. The van der Waals surface area contributed by atoms with Gasteiger partial charge in [0.25, 0.3) is 0 Å². The van der Waals surface area contributed by atoms with Gasteiger partial charge in [0.1, 0.15) is 23.1 Å². The fourth-order valence-corrected chi connectivity index (χ4v) is 3.96. The highest BCUT2D eigenvalue weighted by molar-refractivity contribution is 5.92. The van der Waals surface area contributed by atoms with E-state index in [2.05, 4.69) is 25.2 Å². The van der Waals surface area contributed by atoms with Gasteiger partial charge in [-0.05, 0) is 65.7 Å². The van der Waals surface area contributed by atoms with Crippen LogP contribution in [-0.2, 0) is 9.53 Å². The third kappa shape index (κ3) is 4.01. The largest absolute Gasteiger partial charge is 0.460 e. The van der Waals surface area contributed by atoms with E-state index in [1.54, 1.807) is 10.8 Å². The number of carbonyl (C=O) groups excluding carboxylic acids is 1. The van der Waals surface area contributed by atoms with Gasteiger partial charge >= 0.3 is 5.97 Å². The lowest BCUT2D eigenvalue weighted by molar-refractivity contribution is -0.155. The number of hydrogen-bond donors (Lipinski definition) is 1. The van der Waals surface area contributed by atoms with Gasteiger partial charge in [-0.25, -0.2) is 9.50 Å². The second-order valence-electron chi connectivity index (χ2n) is 8.56. The Hall–Kier alpha value is -2.48. The first-order valence-electron chi connectivity index (χ1n) is 10.0. The van der Waals surface area contributed by atoms with E-state index in [1.165, 1.54) is 0 Å². The summed E-state index contributed by atoms with van der Waals surface area (Å²) >= 11 is 0. The zero-order valence-electron chi connectivity index (χ0n) is 16.8. The van der Waals surface area contributed by atoms with Gasteiger partial charge in [-0.15, -0.1) is 5.10 Å². The number of piperidine rings is 1. The van der Waals surface area contributed by atoms with E-state index in [0.717, 1.165) is 61.1 Å². The molecule has 3 aromatic heterocycles. The second kappa shape index (κ2) is 7.50. The number of nitrogens with zero attached hydrogens (tertiary/aromatic N) is 5. The lowest BCUT2D eigenvalue weighted by atomic mass is 9.92. The Bertz CT molecular complexity index is 962. The van der Waals surface area contributed by atoms with Crippen LogP contribution in [-0.4, -0.2) is 60.9 Å². The molecule has 150 valence electrons. The number of H-pyrrole nitrogens is 1. The highest BCUT2D eigenvalue weighted by Gasteiger charge is 2.26. The Balaban J connectivity index is 1.33. The molecule has 0 amide bonds. The number of carbonyl (C=O) groups is 1. The zero-order valence-corrected chi connectivity index (χ0v) is 16.8. The van der Waals surface area contributed by atoms with E-state index in [9.17, 15) is 4.79 Å². The summed E-state index contributed by atoms with van der Waals surface area (Å²) in [7, 11) is 0. The normalized spacial score (nSPS) is 16.8. The van der Waals surface area contributed by atoms with Crippen LogP contribution in [0.25, 0.3) is 16.6 Å².